The summed E-state index contributed by atoms with van der Waals surface area (Å²) in [5, 5.41) is 5.99. The monoisotopic (exact) mass is 1310 g/mol. The summed E-state index contributed by atoms with van der Waals surface area (Å²) >= 11 is 0. The molecule has 2 unspecified atom stereocenters. The van der Waals surface area contributed by atoms with Crippen LogP contribution >= 0.6 is 0 Å². The van der Waals surface area contributed by atoms with Gasteiger partial charge in [0.2, 0.25) is 0 Å². The third-order valence-corrected chi connectivity index (χ3v) is 22.1. The van der Waals surface area contributed by atoms with E-state index in [0.29, 0.717) is 113 Å². The van der Waals surface area contributed by atoms with Crippen molar-refractivity contribution in [2.75, 3.05) is 97.9 Å². The molecule has 6 fully saturated rings. The molecule has 4 aromatic carbocycles. The Balaban J connectivity index is 0.000000174. The number of rotatable bonds is 12. The van der Waals surface area contributed by atoms with E-state index in [2.05, 4.69) is 59.4 Å². The number of amides is 6. The highest BCUT2D eigenvalue weighted by molar-refractivity contribution is 5.94. The van der Waals surface area contributed by atoms with E-state index < -0.39 is 29.9 Å². The van der Waals surface area contributed by atoms with E-state index >= 15 is 0 Å². The Kier molecular flexibility index (Phi) is 19.5. The molecule has 510 valence electrons. The summed E-state index contributed by atoms with van der Waals surface area (Å²) in [6.45, 7) is 12.6. The number of hydrogen-bond acceptors (Lipinski definition) is 12. The van der Waals surface area contributed by atoms with Crippen LogP contribution in [0.4, 0.5) is 20.1 Å². The Morgan fingerprint density at radius 1 is 0.510 bits per heavy atom. The zero-order chi connectivity index (χ0) is 66.8. The molecule has 96 heavy (non-hydrogen) atoms. The molecule has 14 rings (SSSR count). The molecule has 0 aliphatic carbocycles. The maximum atomic E-state index is 14.1. The molecule has 0 radical (unpaired) electrons. The molecule has 24 heteroatoms. The Morgan fingerprint density at radius 3 is 1.44 bits per heavy atom. The van der Waals surface area contributed by atoms with E-state index in [1.165, 1.54) is 25.7 Å². The minimum absolute atomic E-state index is 0.0493. The number of para-hydroxylation sites is 1. The summed E-state index contributed by atoms with van der Waals surface area (Å²) in [4.78, 5) is 131. The highest BCUT2D eigenvalue weighted by atomic mass is 16.6. The molecule has 3 aromatic heterocycles. The molecule has 7 N–H and O–H groups in total. The van der Waals surface area contributed by atoms with Crippen molar-refractivity contribution in [1.29, 1.82) is 0 Å². The number of H-pyrrole nitrogens is 5. The fourth-order valence-corrected chi connectivity index (χ4v) is 16.5. The van der Waals surface area contributed by atoms with Gasteiger partial charge in [-0.2, -0.15) is 0 Å². The average molecular weight is 1310 g/mol. The van der Waals surface area contributed by atoms with Crippen LogP contribution < -0.4 is 27.7 Å². The lowest BCUT2D eigenvalue weighted by Crippen LogP contribution is -2.58. The summed E-state index contributed by atoms with van der Waals surface area (Å²) in [7, 11) is 4.36. The molecule has 6 saturated heterocycles. The first-order valence-corrected chi connectivity index (χ1v) is 34.7. The zero-order valence-electron chi connectivity index (χ0n) is 55.7. The SMILES string of the molecule is Cc1cc(CC(OC(=O)N2CCC(n3cc(-c4ccccc4)[nH]c3=O)CC2)C(=O)N2CCC(C3CCN(C)CC3)CC2)cc2[nH]c(=O)[nH]c12.Cc1cc(CC(OC(=O)N2CCC3(CC2)NC(=O)Nc2ccccc23)C(=O)N2CCC(C3CCN(C)CC3)CC2)cc2[nH]c(=O)[nH]c12. The smallest absolute Gasteiger partial charge is 0.410 e. The van der Waals surface area contributed by atoms with Crippen molar-refractivity contribution in [2.24, 2.45) is 23.7 Å². The fraction of sp³-hybridized carbons (Fsp3) is 0.528. The molecule has 24 nitrogen and oxygen atoms in total. The van der Waals surface area contributed by atoms with E-state index in [4.69, 9.17) is 9.47 Å². The molecule has 2 atom stereocenters. The lowest BCUT2D eigenvalue weighted by molar-refractivity contribution is -0.143. The van der Waals surface area contributed by atoms with Gasteiger partial charge >= 0.3 is 35.3 Å². The zero-order valence-corrected chi connectivity index (χ0v) is 55.7. The standard InChI is InChI=1S/C37H47N7O5.C35H45N7O5/c1-24-20-25(21-30-33(24)40-35(46)38-30)22-32(34(45)42-16-10-27(11-17-42)26-8-14-41(2)15-9-26)49-37(48)43-18-12-29(13-19-43)44-23-31(39-36(44)47)28-6-4-3-5-7-28;1-22-19-23(20-28-30(22)38-32(44)37-28)21-29(31(43)41-15-9-25(10-16-41)24-7-13-40(2)14-8-24)47-34(46)42-17-11-35(12-18-42)26-5-3-4-6-27(26)36-33(45)39-35/h3-7,20-21,23,26-27,29,32H,8-19,22H2,1-2H3,(H,39,47)(H2,38,40,46);3-6,19-20,24-25,29H,7-18,21H2,1-2H3,(H2,36,39,45)(H2,37,38,44). The van der Waals surface area contributed by atoms with Gasteiger partial charge < -0.3 is 74.4 Å². The van der Waals surface area contributed by atoms with E-state index in [9.17, 15) is 38.4 Å². The Morgan fingerprint density at radius 2 is 0.948 bits per heavy atom. The number of hydrogen-bond donors (Lipinski definition) is 7. The molecule has 10 heterocycles. The summed E-state index contributed by atoms with van der Waals surface area (Å²) in [5.41, 5.74) is 8.34. The van der Waals surface area contributed by atoms with Crippen molar-refractivity contribution in [1.82, 2.24) is 64.2 Å². The number of aromatic nitrogens is 6. The predicted molar refractivity (Wildman–Crippen MR) is 366 cm³/mol. The Hall–Kier alpha value is -8.90. The van der Waals surface area contributed by atoms with Gasteiger partial charge in [0.1, 0.15) is 0 Å². The molecule has 7 aliphatic heterocycles. The second-order valence-corrected chi connectivity index (χ2v) is 28.2. The number of anilines is 1. The number of nitrogens with one attached hydrogen (secondary N) is 7. The Labute approximate surface area is 557 Å². The van der Waals surface area contributed by atoms with Crippen LogP contribution in [0.1, 0.15) is 111 Å². The first-order valence-electron chi connectivity index (χ1n) is 34.7. The number of aryl methyl sites for hydroxylation is 2. The van der Waals surface area contributed by atoms with E-state index in [1.807, 2.05) is 109 Å². The van der Waals surface area contributed by atoms with Crippen molar-refractivity contribution >= 4 is 57.8 Å². The van der Waals surface area contributed by atoms with Gasteiger partial charge in [0.25, 0.3) is 11.8 Å². The summed E-state index contributed by atoms with van der Waals surface area (Å²) < 4.78 is 13.9. The van der Waals surface area contributed by atoms with Crippen LogP contribution in [-0.4, -0.2) is 194 Å². The summed E-state index contributed by atoms with van der Waals surface area (Å²) in [6.07, 6.45) is 10.2. The van der Waals surface area contributed by atoms with Crippen LogP contribution in [0.15, 0.2) is 99.4 Å². The number of aromatic amines is 5. The van der Waals surface area contributed by atoms with Crippen LogP contribution in [0, 0.1) is 37.5 Å². The number of ether oxygens (including phenoxy) is 2. The highest BCUT2D eigenvalue weighted by Gasteiger charge is 2.44. The first kappa shape index (κ1) is 65.7. The molecule has 1 spiro atoms. The summed E-state index contributed by atoms with van der Waals surface area (Å²) in [5.74, 6) is 2.30. The van der Waals surface area contributed by atoms with Gasteiger partial charge in [-0.3, -0.25) is 14.2 Å². The second kappa shape index (κ2) is 28.4. The molecule has 7 aliphatic rings. The van der Waals surface area contributed by atoms with Gasteiger partial charge in [0.15, 0.2) is 12.2 Å². The number of urea groups is 1. The molecule has 7 aromatic rings. The van der Waals surface area contributed by atoms with Gasteiger partial charge in [0.05, 0.1) is 33.3 Å². The third-order valence-electron chi connectivity index (χ3n) is 22.1. The van der Waals surface area contributed by atoms with Crippen LogP contribution in [-0.2, 0) is 37.4 Å². The number of likely N-dealkylation sites (tertiary alicyclic amines) is 6. The van der Waals surface area contributed by atoms with Gasteiger partial charge in [-0.05, 0) is 201 Å². The summed E-state index contributed by atoms with van der Waals surface area (Å²) in [6, 6.07) is 24.8. The lowest BCUT2D eigenvalue weighted by atomic mass is 9.79. The Bertz CT molecular complexity index is 4120. The first-order chi connectivity index (χ1) is 46.4. The topological polar surface area (TPSA) is 282 Å². The number of fused-ring (bicyclic) bond motifs is 4. The van der Waals surface area contributed by atoms with E-state index in [1.54, 1.807) is 14.4 Å². The molecule has 0 bridgehead atoms. The lowest BCUT2D eigenvalue weighted by Gasteiger charge is -2.45. The number of nitrogens with zero attached hydrogens (tertiary/aromatic N) is 7. The molecular weight excluding hydrogens is 1220 g/mol. The van der Waals surface area contributed by atoms with Crippen LogP contribution in [0.2, 0.25) is 0 Å². The van der Waals surface area contributed by atoms with Crippen molar-refractivity contribution < 1.29 is 33.4 Å². The maximum Gasteiger partial charge on any atom is 0.410 e. The fourth-order valence-electron chi connectivity index (χ4n) is 16.5. The van der Waals surface area contributed by atoms with Crippen LogP contribution in [0.3, 0.4) is 0 Å². The minimum Gasteiger partial charge on any atom is -0.436 e. The minimum atomic E-state index is -1.000. The van der Waals surface area contributed by atoms with E-state index in [0.717, 1.165) is 108 Å². The number of carbonyl (C=O) groups excluding carboxylic acids is 5. The number of piperidine rings is 6. The normalized spacial score (nSPS) is 20.3. The van der Waals surface area contributed by atoms with E-state index in [-0.39, 0.29) is 53.8 Å². The molecule has 6 amide bonds. The molecular formula is C72H92N14O10. The van der Waals surface area contributed by atoms with Gasteiger partial charge in [-0.15, -0.1) is 0 Å². The van der Waals surface area contributed by atoms with Gasteiger partial charge in [-0.25, -0.2) is 28.8 Å². The third kappa shape index (κ3) is 14.6. The molecule has 0 saturated carbocycles. The van der Waals surface area contributed by atoms with Gasteiger partial charge in [-0.1, -0.05) is 60.7 Å². The second-order valence-electron chi connectivity index (χ2n) is 28.2. The van der Waals surface area contributed by atoms with Gasteiger partial charge in [0, 0.05) is 88.7 Å². The van der Waals surface area contributed by atoms with Crippen molar-refractivity contribution in [3.05, 3.63) is 144 Å². The number of imidazole rings is 3. The van der Waals surface area contributed by atoms with Crippen molar-refractivity contribution in [2.45, 2.75) is 128 Å². The van der Waals surface area contributed by atoms with Crippen LogP contribution in [0.25, 0.3) is 33.3 Å². The predicted octanol–water partition coefficient (Wildman–Crippen LogP) is 8.21. The highest BCUT2D eigenvalue weighted by Crippen LogP contribution is 2.41. The number of benzene rings is 4. The van der Waals surface area contributed by atoms with Crippen molar-refractivity contribution in [3.63, 3.8) is 0 Å². The largest absolute Gasteiger partial charge is 0.436 e. The van der Waals surface area contributed by atoms with Crippen LogP contribution in [0.5, 0.6) is 0 Å². The average Bonchev–Trinajstić information content (AvgIpc) is 1.02. The maximum absolute atomic E-state index is 14.1. The van der Waals surface area contributed by atoms with Crippen molar-refractivity contribution in [3.8, 4) is 11.3 Å². The number of carbonyl (C=O) groups is 5. The quantitative estimate of drug-likeness (QED) is 0.0610.